The van der Waals surface area contributed by atoms with E-state index in [4.69, 9.17) is 23.2 Å². The van der Waals surface area contributed by atoms with Gasteiger partial charge in [0, 0.05) is 38.5 Å². The van der Waals surface area contributed by atoms with Gasteiger partial charge in [-0.15, -0.1) is 0 Å². The Morgan fingerprint density at radius 1 is 1.04 bits per heavy atom. The minimum Gasteiger partial charge on any atom is -0.353 e. The van der Waals surface area contributed by atoms with Gasteiger partial charge < -0.3 is 9.80 Å². The molecule has 28 heavy (non-hydrogen) atoms. The highest BCUT2D eigenvalue weighted by atomic mass is 35.5. The lowest BCUT2D eigenvalue weighted by Gasteiger charge is -2.35. The smallest absolute Gasteiger partial charge is 0.353 e. The minimum absolute atomic E-state index is 0.147. The molecule has 1 aliphatic heterocycles. The van der Waals surface area contributed by atoms with E-state index < -0.39 is 11.7 Å². The molecule has 0 saturated carbocycles. The Morgan fingerprint density at radius 2 is 1.75 bits per heavy atom. The van der Waals surface area contributed by atoms with E-state index in [1.54, 1.807) is 29.2 Å². The van der Waals surface area contributed by atoms with Crippen molar-refractivity contribution >= 4 is 41.0 Å². The molecular weight excluding hydrogens is 414 g/mol. The Labute approximate surface area is 170 Å². The molecule has 2 aromatic rings. The zero-order valence-electron chi connectivity index (χ0n) is 14.6. The second-order valence-corrected chi connectivity index (χ2v) is 7.04. The highest BCUT2D eigenvalue weighted by molar-refractivity contribution is 6.42. The van der Waals surface area contributed by atoms with Crippen molar-refractivity contribution in [2.24, 2.45) is 0 Å². The van der Waals surface area contributed by atoms with E-state index in [0.29, 0.717) is 42.0 Å². The van der Waals surface area contributed by atoms with Crippen molar-refractivity contribution in [3.63, 3.8) is 0 Å². The zero-order chi connectivity index (χ0) is 20.3. The van der Waals surface area contributed by atoms with Crippen LogP contribution in [0.3, 0.4) is 0 Å². The maximum Gasteiger partial charge on any atom is 0.417 e. The summed E-state index contributed by atoms with van der Waals surface area (Å²) in [5.41, 5.74) is -0.0205. The molecule has 0 N–H and O–H groups in total. The molecule has 0 spiro atoms. The molecule has 0 atom stereocenters. The van der Waals surface area contributed by atoms with Gasteiger partial charge in [0.05, 0.1) is 15.6 Å². The molecule has 2 heterocycles. The fourth-order valence-corrected chi connectivity index (χ4v) is 3.09. The number of piperazine rings is 1. The third-order valence-corrected chi connectivity index (χ3v) is 5.09. The van der Waals surface area contributed by atoms with E-state index >= 15 is 0 Å². The molecule has 1 fully saturated rings. The highest BCUT2D eigenvalue weighted by Crippen LogP contribution is 2.29. The Balaban J connectivity index is 1.56. The lowest BCUT2D eigenvalue weighted by molar-refractivity contribution is -0.137. The Hall–Kier alpha value is -2.25. The standard InChI is InChI=1S/C19H16Cl2F3N3O/c20-15-4-1-13(11-16(15)21)2-6-18(28)27-9-7-26(8-10-27)17-5-3-14(12-25-17)19(22,23)24/h1-6,11-12H,7-10H2/b6-2+. The maximum atomic E-state index is 12.6. The summed E-state index contributed by atoms with van der Waals surface area (Å²) in [5, 5.41) is 0.854. The second-order valence-electron chi connectivity index (χ2n) is 6.22. The average Bonchev–Trinajstić information content (AvgIpc) is 2.68. The molecule has 1 aromatic carbocycles. The first-order valence-electron chi connectivity index (χ1n) is 8.44. The predicted octanol–water partition coefficient (Wildman–Crippen LogP) is 4.77. The van der Waals surface area contributed by atoms with Gasteiger partial charge in [-0.05, 0) is 35.9 Å². The predicted molar refractivity (Wildman–Crippen MR) is 104 cm³/mol. The SMILES string of the molecule is O=C(/C=C/c1ccc(Cl)c(Cl)c1)N1CCN(c2ccc(C(F)(F)F)cn2)CC1. The molecule has 0 aliphatic carbocycles. The van der Waals surface area contributed by atoms with Crippen molar-refractivity contribution in [2.75, 3.05) is 31.1 Å². The highest BCUT2D eigenvalue weighted by Gasteiger charge is 2.31. The quantitative estimate of drug-likeness (QED) is 0.659. The number of hydrogen-bond donors (Lipinski definition) is 0. The number of rotatable bonds is 3. The Kier molecular flexibility index (Phi) is 6.15. The molecule has 1 aliphatic rings. The van der Waals surface area contributed by atoms with Crippen LogP contribution in [0.1, 0.15) is 11.1 Å². The van der Waals surface area contributed by atoms with Gasteiger partial charge in [0.25, 0.3) is 0 Å². The number of amides is 1. The molecule has 4 nitrogen and oxygen atoms in total. The fourth-order valence-electron chi connectivity index (χ4n) is 2.79. The van der Waals surface area contributed by atoms with Crippen LogP contribution in [0.15, 0.2) is 42.6 Å². The monoisotopic (exact) mass is 429 g/mol. The first kappa shape index (κ1) is 20.5. The summed E-state index contributed by atoms with van der Waals surface area (Å²) < 4.78 is 37.9. The number of nitrogens with zero attached hydrogens (tertiary/aromatic N) is 3. The van der Waals surface area contributed by atoms with Gasteiger partial charge in [-0.3, -0.25) is 4.79 Å². The third-order valence-electron chi connectivity index (χ3n) is 4.35. The van der Waals surface area contributed by atoms with Crippen LogP contribution in [-0.2, 0) is 11.0 Å². The summed E-state index contributed by atoms with van der Waals surface area (Å²) in [6.45, 7) is 1.88. The van der Waals surface area contributed by atoms with E-state index in [2.05, 4.69) is 4.98 Å². The lowest BCUT2D eigenvalue weighted by Crippen LogP contribution is -2.48. The normalized spacial score (nSPS) is 15.3. The minimum atomic E-state index is -4.41. The molecule has 0 unspecified atom stereocenters. The largest absolute Gasteiger partial charge is 0.417 e. The fraction of sp³-hybridized carbons (Fsp3) is 0.263. The molecular formula is C19H16Cl2F3N3O. The Bertz CT molecular complexity index is 877. The van der Waals surface area contributed by atoms with Crippen LogP contribution in [0.2, 0.25) is 10.0 Å². The summed E-state index contributed by atoms with van der Waals surface area (Å²) in [5.74, 6) is 0.317. The first-order valence-corrected chi connectivity index (χ1v) is 9.20. The topological polar surface area (TPSA) is 36.4 Å². The molecule has 1 aromatic heterocycles. The molecule has 0 radical (unpaired) electrons. The average molecular weight is 430 g/mol. The van der Waals surface area contributed by atoms with Crippen molar-refractivity contribution in [1.82, 2.24) is 9.88 Å². The van der Waals surface area contributed by atoms with Gasteiger partial charge in [-0.25, -0.2) is 4.98 Å². The van der Waals surface area contributed by atoms with Crippen LogP contribution in [0.4, 0.5) is 19.0 Å². The van der Waals surface area contributed by atoms with Crippen LogP contribution in [0.5, 0.6) is 0 Å². The van der Waals surface area contributed by atoms with Crippen LogP contribution in [-0.4, -0.2) is 42.0 Å². The van der Waals surface area contributed by atoms with E-state index in [1.165, 1.54) is 12.1 Å². The van der Waals surface area contributed by atoms with Gasteiger partial charge in [-0.1, -0.05) is 29.3 Å². The number of halogens is 5. The number of hydrogen-bond acceptors (Lipinski definition) is 3. The molecule has 148 valence electrons. The van der Waals surface area contributed by atoms with Crippen molar-refractivity contribution in [1.29, 1.82) is 0 Å². The van der Waals surface area contributed by atoms with E-state index in [1.807, 2.05) is 4.90 Å². The Morgan fingerprint density at radius 3 is 2.32 bits per heavy atom. The molecule has 0 bridgehead atoms. The summed E-state index contributed by atoms with van der Waals surface area (Å²) in [4.78, 5) is 19.8. The van der Waals surface area contributed by atoms with Crippen LogP contribution < -0.4 is 4.90 Å². The van der Waals surface area contributed by atoms with Crippen LogP contribution >= 0.6 is 23.2 Å². The summed E-state index contributed by atoms with van der Waals surface area (Å²) in [7, 11) is 0. The summed E-state index contributed by atoms with van der Waals surface area (Å²) in [6, 6.07) is 7.45. The number of pyridine rings is 1. The molecule has 3 rings (SSSR count). The van der Waals surface area contributed by atoms with Gasteiger partial charge >= 0.3 is 6.18 Å². The third kappa shape index (κ3) is 4.97. The number of aromatic nitrogens is 1. The van der Waals surface area contributed by atoms with Gasteiger partial charge in [0.1, 0.15) is 5.82 Å². The first-order chi connectivity index (χ1) is 13.2. The second kappa shape index (κ2) is 8.41. The van der Waals surface area contributed by atoms with E-state index in [9.17, 15) is 18.0 Å². The summed E-state index contributed by atoms with van der Waals surface area (Å²) >= 11 is 11.8. The van der Waals surface area contributed by atoms with Crippen molar-refractivity contribution in [3.8, 4) is 0 Å². The number of carbonyl (C=O) groups excluding carboxylic acids is 1. The number of anilines is 1. The van der Waals surface area contributed by atoms with Gasteiger partial charge in [0.15, 0.2) is 0 Å². The van der Waals surface area contributed by atoms with E-state index in [0.717, 1.165) is 17.8 Å². The van der Waals surface area contributed by atoms with Crippen LogP contribution in [0.25, 0.3) is 6.08 Å². The lowest BCUT2D eigenvalue weighted by atomic mass is 10.2. The van der Waals surface area contributed by atoms with Gasteiger partial charge in [0.2, 0.25) is 5.91 Å². The number of alkyl halides is 3. The number of carbonyl (C=O) groups is 1. The molecule has 9 heteroatoms. The van der Waals surface area contributed by atoms with Crippen molar-refractivity contribution in [3.05, 3.63) is 63.8 Å². The van der Waals surface area contributed by atoms with Crippen LogP contribution in [0, 0.1) is 0 Å². The zero-order valence-corrected chi connectivity index (χ0v) is 16.1. The molecule has 1 amide bonds. The van der Waals surface area contributed by atoms with Crippen molar-refractivity contribution < 1.29 is 18.0 Å². The summed E-state index contributed by atoms with van der Waals surface area (Å²) in [6.07, 6.45) is -0.454. The number of benzene rings is 1. The van der Waals surface area contributed by atoms with Gasteiger partial charge in [-0.2, -0.15) is 13.2 Å². The van der Waals surface area contributed by atoms with E-state index in [-0.39, 0.29) is 5.91 Å². The molecule has 1 saturated heterocycles. The van der Waals surface area contributed by atoms with Crippen molar-refractivity contribution in [2.45, 2.75) is 6.18 Å². The maximum absolute atomic E-state index is 12.6.